The quantitative estimate of drug-likeness (QED) is 0.274. The van der Waals surface area contributed by atoms with E-state index in [-0.39, 0.29) is 47.6 Å². The van der Waals surface area contributed by atoms with Gasteiger partial charge >= 0.3 is 0 Å². The van der Waals surface area contributed by atoms with Crippen molar-refractivity contribution in [1.29, 1.82) is 0 Å². The lowest BCUT2D eigenvalue weighted by atomic mass is 9.57. The molecule has 2 aromatic rings. The molecule has 4 aliphatic rings. The second-order valence-electron chi connectivity index (χ2n) is 12.2. The van der Waals surface area contributed by atoms with E-state index in [1.807, 2.05) is 0 Å². The van der Waals surface area contributed by atoms with E-state index in [2.05, 4.69) is 14.9 Å². The minimum absolute atomic E-state index is 0.0334. The van der Waals surface area contributed by atoms with Crippen molar-refractivity contribution < 1.29 is 39.2 Å². The summed E-state index contributed by atoms with van der Waals surface area (Å²) in [7, 11) is 3.05. The number of aliphatic hydroxyl groups excluding tert-OH is 2. The number of amides is 1. The van der Waals surface area contributed by atoms with Gasteiger partial charge in [-0.25, -0.2) is 9.37 Å². The van der Waals surface area contributed by atoms with Crippen molar-refractivity contribution in [3.8, 4) is 5.75 Å². The maximum atomic E-state index is 16.1. The Morgan fingerprint density at radius 3 is 2.51 bits per heavy atom. The number of phenolic OH excluding ortho intramolecular Hbond substituents is 1. The molecule has 43 heavy (non-hydrogen) atoms. The fraction of sp³-hybridized carbons (Fsp3) is 0.467. The van der Waals surface area contributed by atoms with Crippen LogP contribution in [0.15, 0.2) is 35.4 Å². The molecule has 0 bridgehead atoms. The molecule has 1 aliphatic heterocycles. The third kappa shape index (κ3) is 4.28. The molecule has 4 atom stereocenters. The number of benzene rings is 1. The van der Waals surface area contributed by atoms with Gasteiger partial charge in [0, 0.05) is 47.5 Å². The highest BCUT2D eigenvalue weighted by Crippen LogP contribution is 2.53. The van der Waals surface area contributed by atoms with E-state index >= 15 is 4.39 Å². The molecule has 7 N–H and O–H groups in total. The van der Waals surface area contributed by atoms with Gasteiger partial charge in [-0.2, -0.15) is 0 Å². The third-order valence-electron chi connectivity index (χ3n) is 9.62. The first-order valence-electron chi connectivity index (χ1n) is 14.3. The van der Waals surface area contributed by atoms with Crippen LogP contribution in [0.1, 0.15) is 47.7 Å². The maximum Gasteiger partial charge on any atom is 0.255 e. The molecule has 1 aromatic carbocycles. The Hall–Kier alpha value is -4.07. The molecule has 3 aliphatic carbocycles. The molecule has 0 unspecified atom stereocenters. The van der Waals surface area contributed by atoms with Gasteiger partial charge in [0.1, 0.15) is 34.5 Å². The molecular weight excluding hydrogens is 561 g/mol. The molecule has 228 valence electrons. The van der Waals surface area contributed by atoms with Crippen LogP contribution in [0.3, 0.4) is 0 Å². The Morgan fingerprint density at radius 1 is 1.21 bits per heavy atom. The molecule has 1 aromatic heterocycles. The van der Waals surface area contributed by atoms with E-state index < -0.39 is 69.6 Å². The number of aromatic amines is 1. The highest BCUT2D eigenvalue weighted by atomic mass is 19.1. The molecule has 2 heterocycles. The number of Topliss-reactive ketones (excluding diaryl/α,β-unsaturated/α-hetero) is 2. The van der Waals surface area contributed by atoms with Gasteiger partial charge in [0.2, 0.25) is 5.78 Å². The van der Waals surface area contributed by atoms with Crippen LogP contribution in [-0.4, -0.2) is 96.5 Å². The van der Waals surface area contributed by atoms with Crippen molar-refractivity contribution in [3.63, 3.8) is 0 Å². The van der Waals surface area contributed by atoms with Crippen LogP contribution in [0.5, 0.6) is 5.75 Å². The number of aromatic nitrogens is 2. The van der Waals surface area contributed by atoms with Crippen molar-refractivity contribution in [3.05, 3.63) is 63.7 Å². The number of hydrogen-bond donors (Lipinski definition) is 6. The zero-order valence-corrected chi connectivity index (χ0v) is 23.8. The summed E-state index contributed by atoms with van der Waals surface area (Å²) >= 11 is 0. The minimum atomic E-state index is -2.74. The predicted molar refractivity (Wildman–Crippen MR) is 150 cm³/mol. The Morgan fingerprint density at radius 2 is 1.91 bits per heavy atom. The van der Waals surface area contributed by atoms with E-state index in [1.54, 1.807) is 12.4 Å². The second-order valence-corrected chi connectivity index (χ2v) is 12.2. The van der Waals surface area contributed by atoms with E-state index in [0.29, 0.717) is 13.1 Å². The lowest BCUT2D eigenvalue weighted by Gasteiger charge is -2.50. The number of phenols is 1. The van der Waals surface area contributed by atoms with Crippen LogP contribution in [0.4, 0.5) is 4.39 Å². The number of likely N-dealkylation sites (N-methyl/N-ethyl adjacent to an activating group) is 1. The summed E-state index contributed by atoms with van der Waals surface area (Å²) in [4.78, 5) is 50.2. The molecule has 1 saturated heterocycles. The zero-order valence-electron chi connectivity index (χ0n) is 23.8. The highest BCUT2D eigenvalue weighted by molar-refractivity contribution is 6.24. The average molecular weight is 596 g/mol. The topological polar surface area (TPSA) is 193 Å². The minimum Gasteiger partial charge on any atom is -0.508 e. The number of ketones is 2. The third-order valence-corrected chi connectivity index (χ3v) is 9.62. The number of hydrogen-bond acceptors (Lipinski definition) is 10. The van der Waals surface area contributed by atoms with Crippen LogP contribution < -0.4 is 5.73 Å². The SMILES string of the molecule is CN(C)[C@@H]1C(=O)C(C(N)=O)=C(O)[C@@]2(O)C(=O)C3=C(O)c4c(O)cc(CN5CCC(c6ncc[nH]6)CC5)c(F)c4C[C@H]3C[C@@H]12. The molecule has 1 saturated carbocycles. The Balaban J connectivity index is 1.35. The van der Waals surface area contributed by atoms with E-state index in [4.69, 9.17) is 5.73 Å². The van der Waals surface area contributed by atoms with Crippen molar-refractivity contribution in [1.82, 2.24) is 19.8 Å². The van der Waals surface area contributed by atoms with Crippen molar-refractivity contribution in [2.75, 3.05) is 27.2 Å². The number of rotatable bonds is 5. The first-order valence-corrected chi connectivity index (χ1v) is 14.3. The zero-order chi connectivity index (χ0) is 31.0. The number of H-pyrrole nitrogens is 1. The summed E-state index contributed by atoms with van der Waals surface area (Å²) in [6.07, 6.45) is 4.97. The number of nitrogens with two attached hydrogens (primary N) is 1. The first-order chi connectivity index (χ1) is 20.4. The number of primary amides is 1. The number of nitrogens with one attached hydrogen (secondary N) is 1. The summed E-state index contributed by atoms with van der Waals surface area (Å²) in [5, 5.41) is 44.9. The molecule has 0 spiro atoms. The normalized spacial score (nSPS) is 28.3. The standard InChI is InChI=1S/C30H34FN5O7/c1-35(2)23-17-10-14-9-16-20(24(38)19(14)26(40)30(17,43)27(41)21(25(23)39)28(32)42)18(37)11-15(22(16)31)12-36-7-3-13(4-8-36)29-33-5-6-34-29/h5-6,11,13-14,17,23,37-38,41,43H,3-4,7-10,12H2,1-2H3,(H2,32,42)(H,33,34)/t14-,17-,23-,30-/m0/s1. The largest absolute Gasteiger partial charge is 0.508 e. The molecule has 13 heteroatoms. The lowest BCUT2D eigenvalue weighted by Crippen LogP contribution is -2.65. The summed E-state index contributed by atoms with van der Waals surface area (Å²) in [5.41, 5.74) is 1.44. The summed E-state index contributed by atoms with van der Waals surface area (Å²) in [6.45, 7) is 1.62. The van der Waals surface area contributed by atoms with Crippen LogP contribution >= 0.6 is 0 Å². The van der Waals surface area contributed by atoms with Crippen LogP contribution in [0, 0.1) is 17.7 Å². The van der Waals surface area contributed by atoms with Gasteiger partial charge in [-0.15, -0.1) is 0 Å². The fourth-order valence-electron chi connectivity index (χ4n) is 7.57. The van der Waals surface area contributed by atoms with E-state index in [0.717, 1.165) is 18.7 Å². The number of nitrogens with zero attached hydrogens (tertiary/aromatic N) is 3. The number of carbonyl (C=O) groups excluding carboxylic acids is 3. The van der Waals surface area contributed by atoms with Crippen molar-refractivity contribution in [2.45, 2.75) is 49.8 Å². The number of halogens is 1. The number of fused-ring (bicyclic) bond motifs is 3. The predicted octanol–water partition coefficient (Wildman–Crippen LogP) is 1.21. The lowest BCUT2D eigenvalue weighted by molar-refractivity contribution is -0.153. The number of likely N-dealkylation sites (tertiary alicyclic amines) is 1. The van der Waals surface area contributed by atoms with Crippen molar-refractivity contribution in [2.24, 2.45) is 17.6 Å². The van der Waals surface area contributed by atoms with Crippen LogP contribution in [-0.2, 0) is 27.3 Å². The summed E-state index contributed by atoms with van der Waals surface area (Å²) in [6, 6.07) is 0.0321. The van der Waals surface area contributed by atoms with E-state index in [9.17, 15) is 34.8 Å². The van der Waals surface area contributed by atoms with Gasteiger partial charge in [-0.05, 0) is 64.9 Å². The molecule has 0 radical (unpaired) electrons. The maximum absolute atomic E-state index is 16.1. The number of piperidine rings is 1. The fourth-order valence-corrected chi connectivity index (χ4v) is 7.57. The number of imidazole rings is 1. The summed E-state index contributed by atoms with van der Waals surface area (Å²) in [5.74, 6) is -7.03. The summed E-state index contributed by atoms with van der Waals surface area (Å²) < 4.78 is 16.1. The molecule has 2 fully saturated rings. The Bertz CT molecular complexity index is 1590. The smallest absolute Gasteiger partial charge is 0.255 e. The number of carbonyl (C=O) groups is 3. The Kier molecular flexibility index (Phi) is 6.94. The molecule has 12 nitrogen and oxygen atoms in total. The second kappa shape index (κ2) is 10.3. The van der Waals surface area contributed by atoms with Gasteiger partial charge in [-0.1, -0.05) is 0 Å². The number of aliphatic hydroxyl groups is 3. The first kappa shape index (κ1) is 29.0. The van der Waals surface area contributed by atoms with Gasteiger partial charge in [0.05, 0.1) is 11.6 Å². The van der Waals surface area contributed by atoms with Gasteiger partial charge < -0.3 is 31.1 Å². The molecule has 1 amide bonds. The van der Waals surface area contributed by atoms with Gasteiger partial charge in [0.15, 0.2) is 11.4 Å². The average Bonchev–Trinajstić information content (AvgIpc) is 3.48. The van der Waals surface area contributed by atoms with Gasteiger partial charge in [0.25, 0.3) is 5.91 Å². The van der Waals surface area contributed by atoms with E-state index in [1.165, 1.54) is 25.1 Å². The van der Waals surface area contributed by atoms with Crippen LogP contribution in [0.25, 0.3) is 5.76 Å². The molecular formula is C30H34FN5O7. The highest BCUT2D eigenvalue weighted by Gasteiger charge is 2.64. The van der Waals surface area contributed by atoms with Crippen LogP contribution in [0.2, 0.25) is 0 Å². The monoisotopic (exact) mass is 595 g/mol. The number of aromatic hydroxyl groups is 1. The Labute approximate surface area is 246 Å². The molecule has 6 rings (SSSR count). The van der Waals surface area contributed by atoms with Crippen molar-refractivity contribution >= 4 is 23.2 Å². The van der Waals surface area contributed by atoms with Gasteiger partial charge in [-0.3, -0.25) is 24.2 Å².